The number of hydrogen-bond donors (Lipinski definition) is 0. The summed E-state index contributed by atoms with van der Waals surface area (Å²) in [6, 6.07) is 4.29. The Bertz CT molecular complexity index is 1150. The first-order chi connectivity index (χ1) is 10.5. The van der Waals surface area contributed by atoms with Crippen molar-refractivity contribution in [2.24, 2.45) is 0 Å². The molecule has 0 spiro atoms. The second kappa shape index (κ2) is 4.30. The van der Waals surface area contributed by atoms with E-state index in [0.29, 0.717) is 16.7 Å². The molecular formula is C14H7BClFN4O. The van der Waals surface area contributed by atoms with Crippen LogP contribution in [0, 0.1) is 12.7 Å². The number of fused-ring (bicyclic) bond motifs is 4. The first-order valence-corrected chi connectivity index (χ1v) is 6.80. The van der Waals surface area contributed by atoms with Crippen LogP contribution in [0.1, 0.15) is 5.56 Å². The van der Waals surface area contributed by atoms with Gasteiger partial charge in [0.1, 0.15) is 16.9 Å². The van der Waals surface area contributed by atoms with Crippen LogP contribution in [0.4, 0.5) is 4.39 Å². The van der Waals surface area contributed by atoms with Crippen molar-refractivity contribution in [3.8, 4) is 0 Å². The third-order valence-electron chi connectivity index (χ3n) is 3.65. The Hall–Kier alpha value is -2.41. The molecule has 1 aromatic carbocycles. The maximum absolute atomic E-state index is 14.0. The molecule has 4 aromatic rings. The summed E-state index contributed by atoms with van der Waals surface area (Å²) in [5.41, 5.74) is 1.17. The third-order valence-corrected chi connectivity index (χ3v) is 3.90. The van der Waals surface area contributed by atoms with Crippen molar-refractivity contribution in [1.82, 2.24) is 18.8 Å². The smallest absolute Gasteiger partial charge is 0.271 e. The van der Waals surface area contributed by atoms with Gasteiger partial charge in [0.05, 0.1) is 10.9 Å². The molecule has 106 valence electrons. The first kappa shape index (κ1) is 13.3. The van der Waals surface area contributed by atoms with Crippen molar-refractivity contribution in [3.05, 3.63) is 51.4 Å². The van der Waals surface area contributed by atoms with Crippen LogP contribution in [0.3, 0.4) is 0 Å². The highest BCUT2D eigenvalue weighted by molar-refractivity contribution is 6.29. The largest absolute Gasteiger partial charge is 0.388 e. The van der Waals surface area contributed by atoms with Gasteiger partial charge in [0.25, 0.3) is 5.56 Å². The molecule has 4 rings (SSSR count). The molecule has 2 radical (unpaired) electrons. The van der Waals surface area contributed by atoms with Crippen molar-refractivity contribution >= 4 is 47.2 Å². The Morgan fingerprint density at radius 3 is 2.77 bits per heavy atom. The van der Waals surface area contributed by atoms with Crippen molar-refractivity contribution in [3.63, 3.8) is 0 Å². The topological polar surface area (TPSA) is 52.2 Å². The Morgan fingerprint density at radius 1 is 1.23 bits per heavy atom. The standard InChI is InChI=1S/C14H7BClFN4O/c1-6-5-20(15)11-9(6)12-18-8-4-2-3-7(17)10(8)13(22)21(12)14(16)19-11/h2-5H,1H3. The van der Waals surface area contributed by atoms with Crippen LogP contribution in [0.15, 0.2) is 29.2 Å². The van der Waals surface area contributed by atoms with Gasteiger partial charge in [-0.3, -0.25) is 4.79 Å². The predicted octanol–water partition coefficient (Wildman–Crippen LogP) is 2.23. The molecular weight excluding hydrogens is 305 g/mol. The maximum atomic E-state index is 14.0. The fourth-order valence-electron chi connectivity index (χ4n) is 2.70. The Labute approximate surface area is 129 Å². The number of rotatable bonds is 0. The quantitative estimate of drug-likeness (QED) is 0.284. The van der Waals surface area contributed by atoms with Crippen molar-refractivity contribution in [2.45, 2.75) is 6.92 Å². The zero-order valence-corrected chi connectivity index (χ0v) is 12.1. The van der Waals surface area contributed by atoms with E-state index in [4.69, 9.17) is 19.6 Å². The molecule has 0 aliphatic carbocycles. The van der Waals surface area contributed by atoms with E-state index in [1.165, 1.54) is 16.6 Å². The number of benzene rings is 1. The van der Waals surface area contributed by atoms with Gasteiger partial charge in [-0.15, -0.1) is 0 Å². The van der Waals surface area contributed by atoms with E-state index in [1.807, 2.05) is 6.92 Å². The van der Waals surface area contributed by atoms with Gasteiger partial charge in [0.2, 0.25) is 13.3 Å². The molecule has 0 saturated carbocycles. The number of nitrogens with zero attached hydrogens (tertiary/aromatic N) is 4. The molecule has 0 bridgehead atoms. The minimum atomic E-state index is -0.645. The van der Waals surface area contributed by atoms with Gasteiger partial charge in [-0.05, 0) is 42.4 Å². The van der Waals surface area contributed by atoms with Gasteiger partial charge >= 0.3 is 0 Å². The van der Waals surface area contributed by atoms with Crippen molar-refractivity contribution < 1.29 is 4.39 Å². The molecule has 0 unspecified atom stereocenters. The average Bonchev–Trinajstić information content (AvgIpc) is 2.73. The lowest BCUT2D eigenvalue weighted by molar-refractivity contribution is 0.638. The zero-order valence-electron chi connectivity index (χ0n) is 11.3. The molecule has 22 heavy (non-hydrogen) atoms. The number of halogens is 2. The Balaban J connectivity index is 2.41. The maximum Gasteiger partial charge on any atom is 0.271 e. The second-order valence-corrected chi connectivity index (χ2v) is 5.35. The van der Waals surface area contributed by atoms with Gasteiger partial charge in [0.15, 0.2) is 5.65 Å². The molecule has 0 N–H and O–H groups in total. The van der Waals surface area contributed by atoms with E-state index in [-0.39, 0.29) is 16.2 Å². The molecule has 0 saturated heterocycles. The SMILES string of the molecule is [B]n1cc(C)c2c1nc(Cl)n1c(=O)c3c(F)cccc3nc21. The fourth-order valence-corrected chi connectivity index (χ4v) is 2.93. The van der Waals surface area contributed by atoms with Crippen molar-refractivity contribution in [1.29, 1.82) is 0 Å². The van der Waals surface area contributed by atoms with Gasteiger partial charge in [-0.25, -0.2) is 18.8 Å². The van der Waals surface area contributed by atoms with Crippen LogP contribution in [0.5, 0.6) is 0 Å². The summed E-state index contributed by atoms with van der Waals surface area (Å²) in [4.78, 5) is 21.1. The summed E-state index contributed by atoms with van der Waals surface area (Å²) >= 11 is 6.10. The molecule has 5 nitrogen and oxygen atoms in total. The van der Waals surface area contributed by atoms with E-state index >= 15 is 0 Å². The highest BCUT2D eigenvalue weighted by atomic mass is 35.5. The Kier molecular flexibility index (Phi) is 2.59. The molecule has 0 aliphatic rings. The highest BCUT2D eigenvalue weighted by Gasteiger charge is 2.18. The zero-order chi connectivity index (χ0) is 15.6. The lowest BCUT2D eigenvalue weighted by Gasteiger charge is -2.07. The highest BCUT2D eigenvalue weighted by Crippen LogP contribution is 2.25. The van der Waals surface area contributed by atoms with Crippen LogP contribution in [-0.4, -0.2) is 26.8 Å². The van der Waals surface area contributed by atoms with E-state index in [1.54, 1.807) is 12.3 Å². The van der Waals surface area contributed by atoms with Gasteiger partial charge in [-0.1, -0.05) is 6.07 Å². The van der Waals surface area contributed by atoms with Gasteiger partial charge < -0.3 is 4.48 Å². The summed E-state index contributed by atoms with van der Waals surface area (Å²) in [6.45, 7) is 1.82. The Morgan fingerprint density at radius 2 is 2.00 bits per heavy atom. The van der Waals surface area contributed by atoms with Crippen LogP contribution >= 0.6 is 11.6 Å². The number of aryl methyl sites for hydroxylation is 1. The first-order valence-electron chi connectivity index (χ1n) is 6.42. The summed E-state index contributed by atoms with van der Waals surface area (Å²) in [7, 11) is 5.83. The van der Waals surface area contributed by atoms with Crippen LogP contribution in [0.25, 0.3) is 27.6 Å². The van der Waals surface area contributed by atoms with Crippen LogP contribution < -0.4 is 5.56 Å². The summed E-state index contributed by atoms with van der Waals surface area (Å²) in [5, 5.41) is 0.373. The normalized spacial score (nSPS) is 11.8. The van der Waals surface area contributed by atoms with E-state index < -0.39 is 11.4 Å². The minimum Gasteiger partial charge on any atom is -0.388 e. The molecule has 3 heterocycles. The fraction of sp³-hybridized carbons (Fsp3) is 0.0714. The molecule has 0 aliphatic heterocycles. The summed E-state index contributed by atoms with van der Waals surface area (Å²) < 4.78 is 16.4. The average molecular weight is 313 g/mol. The monoisotopic (exact) mass is 312 g/mol. The van der Waals surface area contributed by atoms with E-state index in [2.05, 4.69) is 9.97 Å². The molecule has 0 atom stereocenters. The lowest BCUT2D eigenvalue weighted by atomic mass is 10.2. The number of aromatic nitrogens is 4. The van der Waals surface area contributed by atoms with Gasteiger partial charge in [0, 0.05) is 0 Å². The second-order valence-electron chi connectivity index (χ2n) is 5.01. The molecule has 3 aromatic heterocycles. The lowest BCUT2D eigenvalue weighted by Crippen LogP contribution is -2.18. The van der Waals surface area contributed by atoms with Crippen molar-refractivity contribution in [2.75, 3.05) is 0 Å². The van der Waals surface area contributed by atoms with Crippen LogP contribution in [0.2, 0.25) is 5.28 Å². The third kappa shape index (κ3) is 1.57. The summed E-state index contributed by atoms with van der Waals surface area (Å²) in [5.74, 6) is -0.645. The molecule has 8 heteroatoms. The molecule has 0 amide bonds. The predicted molar refractivity (Wildman–Crippen MR) is 83.1 cm³/mol. The molecule has 0 fully saturated rings. The van der Waals surface area contributed by atoms with Crippen LogP contribution in [-0.2, 0) is 0 Å². The summed E-state index contributed by atoms with van der Waals surface area (Å²) in [6.07, 6.45) is 1.66. The van der Waals surface area contributed by atoms with Gasteiger partial charge in [-0.2, -0.15) is 0 Å². The van der Waals surface area contributed by atoms with E-state index in [0.717, 1.165) is 9.96 Å². The number of hydrogen-bond acceptors (Lipinski definition) is 3. The van der Waals surface area contributed by atoms with E-state index in [9.17, 15) is 9.18 Å². The minimum absolute atomic E-state index is 0.116.